The summed E-state index contributed by atoms with van der Waals surface area (Å²) < 4.78 is 36.1. The van der Waals surface area contributed by atoms with Gasteiger partial charge in [-0.3, -0.25) is 0 Å². The molecule has 2 rings (SSSR count). The number of ether oxygens (including phenoxy) is 2. The van der Waals surface area contributed by atoms with E-state index < -0.39 is 11.6 Å². The fourth-order valence-electron chi connectivity index (χ4n) is 1.41. The SMILES string of the molecule is Fc1cnc(OCC2CNCCO2)c(F)c1. The van der Waals surface area contributed by atoms with E-state index in [1.165, 1.54) is 0 Å². The van der Waals surface area contributed by atoms with Crippen molar-refractivity contribution in [1.29, 1.82) is 0 Å². The third-order valence-corrected chi connectivity index (χ3v) is 2.18. The largest absolute Gasteiger partial charge is 0.473 e. The van der Waals surface area contributed by atoms with E-state index in [4.69, 9.17) is 9.47 Å². The lowest BCUT2D eigenvalue weighted by molar-refractivity contribution is -0.00159. The molecule has 0 radical (unpaired) electrons. The van der Waals surface area contributed by atoms with E-state index in [2.05, 4.69) is 10.3 Å². The van der Waals surface area contributed by atoms with Crippen LogP contribution < -0.4 is 10.1 Å². The second-order valence-electron chi connectivity index (χ2n) is 3.45. The van der Waals surface area contributed by atoms with Gasteiger partial charge in [0.05, 0.1) is 12.8 Å². The van der Waals surface area contributed by atoms with Gasteiger partial charge in [-0.1, -0.05) is 0 Å². The first-order valence-corrected chi connectivity index (χ1v) is 5.02. The molecule has 0 amide bonds. The van der Waals surface area contributed by atoms with Crippen LogP contribution >= 0.6 is 0 Å². The van der Waals surface area contributed by atoms with Crippen molar-refractivity contribution in [3.63, 3.8) is 0 Å². The number of hydrogen-bond acceptors (Lipinski definition) is 4. The fourth-order valence-corrected chi connectivity index (χ4v) is 1.41. The summed E-state index contributed by atoms with van der Waals surface area (Å²) in [6.45, 7) is 2.26. The minimum atomic E-state index is -0.802. The summed E-state index contributed by atoms with van der Waals surface area (Å²) in [4.78, 5) is 3.51. The van der Waals surface area contributed by atoms with Gasteiger partial charge >= 0.3 is 0 Å². The van der Waals surface area contributed by atoms with E-state index in [0.29, 0.717) is 13.2 Å². The molecule has 4 nitrogen and oxygen atoms in total. The smallest absolute Gasteiger partial charge is 0.250 e. The summed E-state index contributed by atoms with van der Waals surface area (Å²) in [5, 5.41) is 3.12. The summed E-state index contributed by atoms with van der Waals surface area (Å²) in [7, 11) is 0. The highest BCUT2D eigenvalue weighted by Crippen LogP contribution is 2.14. The molecule has 0 aliphatic carbocycles. The lowest BCUT2D eigenvalue weighted by Crippen LogP contribution is -2.41. The summed E-state index contributed by atoms with van der Waals surface area (Å²) in [5.41, 5.74) is 0. The van der Waals surface area contributed by atoms with Crippen molar-refractivity contribution in [2.24, 2.45) is 0 Å². The van der Waals surface area contributed by atoms with Crippen LogP contribution in [0, 0.1) is 11.6 Å². The van der Waals surface area contributed by atoms with Gasteiger partial charge in [0.15, 0.2) is 5.82 Å². The number of rotatable bonds is 3. The maximum atomic E-state index is 13.1. The highest BCUT2D eigenvalue weighted by Gasteiger charge is 2.15. The predicted molar refractivity (Wildman–Crippen MR) is 52.3 cm³/mol. The Bertz CT molecular complexity index is 357. The highest BCUT2D eigenvalue weighted by molar-refractivity contribution is 5.14. The minimum absolute atomic E-state index is 0.125. The molecule has 1 atom stereocenters. The average molecular weight is 230 g/mol. The number of halogens is 2. The van der Waals surface area contributed by atoms with Crippen molar-refractivity contribution in [3.8, 4) is 5.88 Å². The third-order valence-electron chi connectivity index (χ3n) is 2.18. The molecule has 0 aromatic carbocycles. The lowest BCUT2D eigenvalue weighted by Gasteiger charge is -2.23. The molecule has 88 valence electrons. The van der Waals surface area contributed by atoms with Crippen LogP contribution in [-0.2, 0) is 4.74 Å². The Morgan fingerprint density at radius 3 is 3.12 bits per heavy atom. The Labute approximate surface area is 91.6 Å². The van der Waals surface area contributed by atoms with Gasteiger partial charge in [-0.05, 0) is 0 Å². The monoisotopic (exact) mass is 230 g/mol. The standard InChI is InChI=1S/C10H12F2N2O2/c11-7-3-9(12)10(14-4-7)16-6-8-5-13-1-2-15-8/h3-4,8,13H,1-2,5-6H2. The number of aromatic nitrogens is 1. The topological polar surface area (TPSA) is 43.4 Å². The van der Waals surface area contributed by atoms with Gasteiger partial charge in [0.1, 0.15) is 18.5 Å². The third kappa shape index (κ3) is 2.86. The van der Waals surface area contributed by atoms with E-state index in [9.17, 15) is 8.78 Å². The molecule has 1 N–H and O–H groups in total. The van der Waals surface area contributed by atoms with E-state index in [1.54, 1.807) is 0 Å². The van der Waals surface area contributed by atoms with E-state index in [1.807, 2.05) is 0 Å². The van der Waals surface area contributed by atoms with Gasteiger partial charge < -0.3 is 14.8 Å². The van der Waals surface area contributed by atoms with Gasteiger partial charge in [-0.2, -0.15) is 0 Å². The molecular weight excluding hydrogens is 218 g/mol. The summed E-state index contributed by atoms with van der Waals surface area (Å²) >= 11 is 0. The van der Waals surface area contributed by atoms with Crippen molar-refractivity contribution in [2.45, 2.75) is 6.10 Å². The number of hydrogen-bond donors (Lipinski definition) is 1. The Hall–Kier alpha value is -1.27. The number of nitrogens with zero attached hydrogens (tertiary/aromatic N) is 1. The molecule has 1 fully saturated rings. The molecule has 1 unspecified atom stereocenters. The first-order valence-electron chi connectivity index (χ1n) is 5.02. The van der Waals surface area contributed by atoms with Crippen LogP contribution in [0.5, 0.6) is 5.88 Å². The van der Waals surface area contributed by atoms with Crippen LogP contribution in [0.3, 0.4) is 0 Å². The summed E-state index contributed by atoms with van der Waals surface area (Å²) in [6.07, 6.45) is 0.790. The second-order valence-corrected chi connectivity index (χ2v) is 3.45. The van der Waals surface area contributed by atoms with Gasteiger partial charge in [-0.25, -0.2) is 13.8 Å². The van der Waals surface area contributed by atoms with Crippen molar-refractivity contribution in [2.75, 3.05) is 26.3 Å². The van der Waals surface area contributed by atoms with Crippen molar-refractivity contribution < 1.29 is 18.3 Å². The molecule has 6 heteroatoms. The highest BCUT2D eigenvalue weighted by atomic mass is 19.1. The maximum Gasteiger partial charge on any atom is 0.250 e. The molecule has 0 spiro atoms. The summed E-state index contributed by atoms with van der Waals surface area (Å²) in [6, 6.07) is 0.738. The Kier molecular flexibility index (Phi) is 3.63. The van der Waals surface area contributed by atoms with E-state index in [-0.39, 0.29) is 18.6 Å². The van der Waals surface area contributed by atoms with Gasteiger partial charge in [0.25, 0.3) is 5.88 Å². The zero-order valence-corrected chi connectivity index (χ0v) is 8.58. The van der Waals surface area contributed by atoms with Gasteiger partial charge in [0.2, 0.25) is 0 Å². The molecule has 1 aromatic heterocycles. The molecule has 0 saturated carbocycles. The van der Waals surface area contributed by atoms with Crippen LogP contribution in [0.15, 0.2) is 12.3 Å². The van der Waals surface area contributed by atoms with Crippen LogP contribution in [0.1, 0.15) is 0 Å². The average Bonchev–Trinajstić information content (AvgIpc) is 2.29. The first-order chi connectivity index (χ1) is 7.75. The normalized spacial score (nSPS) is 20.8. The van der Waals surface area contributed by atoms with Gasteiger partial charge in [0, 0.05) is 19.2 Å². The Morgan fingerprint density at radius 1 is 1.56 bits per heavy atom. The van der Waals surface area contributed by atoms with Crippen molar-refractivity contribution in [1.82, 2.24) is 10.3 Å². The van der Waals surface area contributed by atoms with Crippen LogP contribution in [0.25, 0.3) is 0 Å². The van der Waals surface area contributed by atoms with Crippen molar-refractivity contribution in [3.05, 3.63) is 23.9 Å². The second kappa shape index (κ2) is 5.18. The molecule has 1 aromatic rings. The molecule has 16 heavy (non-hydrogen) atoms. The zero-order valence-electron chi connectivity index (χ0n) is 8.58. The molecule has 2 heterocycles. The molecule has 0 bridgehead atoms. The number of pyridine rings is 1. The minimum Gasteiger partial charge on any atom is -0.473 e. The quantitative estimate of drug-likeness (QED) is 0.831. The number of morpholine rings is 1. The number of nitrogens with one attached hydrogen (secondary N) is 1. The first kappa shape index (κ1) is 11.2. The van der Waals surface area contributed by atoms with Crippen LogP contribution in [0.2, 0.25) is 0 Å². The molecular formula is C10H12F2N2O2. The fraction of sp³-hybridized carbons (Fsp3) is 0.500. The molecule has 1 aliphatic rings. The molecule has 1 saturated heterocycles. The lowest BCUT2D eigenvalue weighted by atomic mass is 10.3. The predicted octanol–water partition coefficient (Wildman–Crippen LogP) is 0.727. The Balaban J connectivity index is 1.88. The van der Waals surface area contributed by atoms with Crippen molar-refractivity contribution >= 4 is 0 Å². The zero-order chi connectivity index (χ0) is 11.4. The van der Waals surface area contributed by atoms with Crippen LogP contribution in [0.4, 0.5) is 8.78 Å². The molecule has 1 aliphatic heterocycles. The van der Waals surface area contributed by atoms with Gasteiger partial charge in [-0.15, -0.1) is 0 Å². The van der Waals surface area contributed by atoms with E-state index in [0.717, 1.165) is 18.8 Å². The maximum absolute atomic E-state index is 13.1. The summed E-state index contributed by atoms with van der Waals surface area (Å²) in [5.74, 6) is -1.72. The van der Waals surface area contributed by atoms with E-state index >= 15 is 0 Å². The Morgan fingerprint density at radius 2 is 2.44 bits per heavy atom. The van der Waals surface area contributed by atoms with Crippen LogP contribution in [-0.4, -0.2) is 37.4 Å².